The molecule has 0 aromatic rings. The van der Waals surface area contributed by atoms with Crippen LogP contribution in [0.15, 0.2) is 0 Å². The van der Waals surface area contributed by atoms with Gasteiger partial charge >= 0.3 is 5.97 Å². The van der Waals surface area contributed by atoms with E-state index in [0.717, 1.165) is 0 Å². The fourth-order valence-corrected chi connectivity index (χ4v) is 5.00. The van der Waals surface area contributed by atoms with Crippen LogP contribution in [0.2, 0.25) is 0 Å². The summed E-state index contributed by atoms with van der Waals surface area (Å²) in [6, 6.07) is -4.12. The molecular formula is C34H65N13O10. The average Bonchev–Trinajstić information content (AvgIpc) is 3.18. The summed E-state index contributed by atoms with van der Waals surface area (Å²) in [7, 11) is 0. The number of hydrogen-bond donors (Lipinski definition) is 14. The van der Waals surface area contributed by atoms with Gasteiger partial charge in [-0.1, -0.05) is 6.42 Å². The predicted molar refractivity (Wildman–Crippen MR) is 208 cm³/mol. The standard InChI is InChI=1S/C34H65N13O10/c35-13-5-1-9-22(39)31(54)45-24(11-3-7-15-37)33(56)47-25(12-4-8-16-38)34(57)46-23(10-2-6-14-36)32(55)44-20-29(51)42-18-27(49)40-17-26(48)41-19-28(50)43-21-30(52)53/h22-25H,1-21,35-39H2,(H,40,49)(H,41,48)(H,42,51)(H,43,50)(H,44,55)(H,45,54)(H,46,57)(H,47,56)(H,52,53)/t22-,23-,24-,25-/m0/s1. The Morgan fingerprint density at radius 3 is 1.04 bits per heavy atom. The first-order valence-electron chi connectivity index (χ1n) is 19.2. The van der Waals surface area contributed by atoms with Crippen molar-refractivity contribution >= 4 is 53.2 Å². The highest BCUT2D eigenvalue weighted by molar-refractivity contribution is 5.96. The number of carbonyl (C=O) groups excluding carboxylic acids is 8. The third kappa shape index (κ3) is 26.5. The van der Waals surface area contributed by atoms with E-state index in [-0.39, 0.29) is 19.3 Å². The maximum Gasteiger partial charge on any atom is 0.322 e. The molecule has 23 nitrogen and oxygen atoms in total. The van der Waals surface area contributed by atoms with Crippen molar-refractivity contribution in [2.75, 3.05) is 58.9 Å². The van der Waals surface area contributed by atoms with E-state index in [1.54, 1.807) is 0 Å². The van der Waals surface area contributed by atoms with Crippen LogP contribution in [-0.4, -0.2) is 141 Å². The second-order valence-electron chi connectivity index (χ2n) is 13.1. The quantitative estimate of drug-likeness (QED) is 0.0274. The Balaban J connectivity index is 5.44. The van der Waals surface area contributed by atoms with Gasteiger partial charge in [-0.25, -0.2) is 0 Å². The zero-order chi connectivity index (χ0) is 43.0. The summed E-state index contributed by atoms with van der Waals surface area (Å²) >= 11 is 0. The number of hydrogen-bond acceptors (Lipinski definition) is 14. The lowest BCUT2D eigenvalue weighted by Gasteiger charge is -2.26. The number of carboxylic acids is 1. The molecule has 0 aromatic heterocycles. The number of nitrogens with two attached hydrogens (primary N) is 5. The summed E-state index contributed by atoms with van der Waals surface area (Å²) in [5, 5.41) is 27.7. The molecule has 23 heteroatoms. The number of rotatable bonds is 33. The first-order chi connectivity index (χ1) is 27.2. The Morgan fingerprint density at radius 1 is 0.386 bits per heavy atom. The van der Waals surface area contributed by atoms with E-state index in [4.69, 9.17) is 33.8 Å². The molecule has 0 unspecified atom stereocenters. The molecule has 4 atom stereocenters. The van der Waals surface area contributed by atoms with Gasteiger partial charge in [0, 0.05) is 0 Å². The average molecular weight is 816 g/mol. The smallest absolute Gasteiger partial charge is 0.322 e. The molecule has 0 rings (SSSR count). The number of carbonyl (C=O) groups is 9. The first kappa shape index (κ1) is 52.0. The van der Waals surface area contributed by atoms with E-state index < -0.39 is 110 Å². The van der Waals surface area contributed by atoms with Gasteiger partial charge in [0.1, 0.15) is 24.7 Å². The molecule has 57 heavy (non-hydrogen) atoms. The predicted octanol–water partition coefficient (Wildman–Crippen LogP) is -6.05. The van der Waals surface area contributed by atoms with E-state index >= 15 is 0 Å². The van der Waals surface area contributed by atoms with Crippen LogP contribution in [0.25, 0.3) is 0 Å². The summed E-state index contributed by atoms with van der Waals surface area (Å²) in [5.41, 5.74) is 28.5. The SMILES string of the molecule is NCCCC[C@H](NC(=O)[C@H](CCCCN)NC(=O)[C@H](CCCCN)NC(=O)[C@@H](N)CCCCN)C(=O)NCC(=O)NCC(=O)NCC(=O)NCC(=O)NCC(=O)O. The summed E-state index contributed by atoms with van der Waals surface area (Å²) in [4.78, 5) is 112. The molecule has 0 bridgehead atoms. The molecule has 0 aromatic carbocycles. The Morgan fingerprint density at radius 2 is 0.684 bits per heavy atom. The van der Waals surface area contributed by atoms with Crippen molar-refractivity contribution in [1.82, 2.24) is 42.5 Å². The molecule has 0 aliphatic rings. The van der Waals surface area contributed by atoms with Gasteiger partial charge in [-0.3, -0.25) is 43.2 Å². The van der Waals surface area contributed by atoms with Crippen molar-refractivity contribution in [2.24, 2.45) is 28.7 Å². The van der Waals surface area contributed by atoms with Crippen LogP contribution in [0.1, 0.15) is 77.0 Å². The van der Waals surface area contributed by atoms with Crippen LogP contribution in [0.5, 0.6) is 0 Å². The highest BCUT2D eigenvalue weighted by Gasteiger charge is 2.30. The van der Waals surface area contributed by atoms with Crippen molar-refractivity contribution in [1.29, 1.82) is 0 Å². The Kier molecular flexibility index (Phi) is 29.3. The van der Waals surface area contributed by atoms with E-state index in [0.29, 0.717) is 84.0 Å². The van der Waals surface area contributed by atoms with Crippen LogP contribution in [-0.2, 0) is 43.2 Å². The van der Waals surface area contributed by atoms with Crippen molar-refractivity contribution in [3.8, 4) is 0 Å². The lowest BCUT2D eigenvalue weighted by atomic mass is 10.0. The minimum atomic E-state index is -1.27. The van der Waals surface area contributed by atoms with Crippen molar-refractivity contribution in [3.63, 3.8) is 0 Å². The number of nitrogens with one attached hydrogen (secondary N) is 8. The largest absolute Gasteiger partial charge is 0.480 e. The third-order valence-corrected chi connectivity index (χ3v) is 8.24. The van der Waals surface area contributed by atoms with Gasteiger partial charge < -0.3 is 76.3 Å². The van der Waals surface area contributed by atoms with Crippen molar-refractivity contribution in [3.05, 3.63) is 0 Å². The van der Waals surface area contributed by atoms with Gasteiger partial charge in [0.15, 0.2) is 0 Å². The van der Waals surface area contributed by atoms with Gasteiger partial charge in [-0.05, 0) is 96.8 Å². The highest BCUT2D eigenvalue weighted by atomic mass is 16.4. The van der Waals surface area contributed by atoms with Gasteiger partial charge in [0.25, 0.3) is 0 Å². The number of amides is 8. The summed E-state index contributed by atoms with van der Waals surface area (Å²) in [6.07, 6.45) is 5.32. The van der Waals surface area contributed by atoms with E-state index in [1.807, 2.05) is 5.32 Å². The monoisotopic (exact) mass is 815 g/mol. The normalized spacial score (nSPS) is 12.8. The molecule has 0 saturated carbocycles. The van der Waals surface area contributed by atoms with Gasteiger partial charge in [-0.2, -0.15) is 0 Å². The van der Waals surface area contributed by atoms with Crippen LogP contribution in [0, 0.1) is 0 Å². The van der Waals surface area contributed by atoms with Crippen LogP contribution in [0.4, 0.5) is 0 Å². The summed E-state index contributed by atoms with van der Waals surface area (Å²) in [5.74, 6) is -6.82. The zero-order valence-electron chi connectivity index (χ0n) is 32.7. The lowest BCUT2D eigenvalue weighted by molar-refractivity contribution is -0.138. The lowest BCUT2D eigenvalue weighted by Crippen LogP contribution is -2.58. The Labute approximate surface area is 332 Å². The molecule has 0 spiro atoms. The van der Waals surface area contributed by atoms with Crippen LogP contribution >= 0.6 is 0 Å². The Hall–Kier alpha value is -4.97. The molecular weight excluding hydrogens is 750 g/mol. The second-order valence-corrected chi connectivity index (χ2v) is 13.1. The molecule has 8 amide bonds. The number of unbranched alkanes of at least 4 members (excludes halogenated alkanes) is 4. The molecule has 0 aliphatic carbocycles. The Bertz CT molecular complexity index is 1290. The third-order valence-electron chi connectivity index (χ3n) is 8.24. The van der Waals surface area contributed by atoms with Crippen molar-refractivity contribution in [2.45, 2.75) is 101 Å². The van der Waals surface area contributed by atoms with Crippen LogP contribution < -0.4 is 71.2 Å². The zero-order valence-corrected chi connectivity index (χ0v) is 32.7. The van der Waals surface area contributed by atoms with E-state index in [9.17, 15) is 43.2 Å². The van der Waals surface area contributed by atoms with Crippen LogP contribution in [0.3, 0.4) is 0 Å². The summed E-state index contributed by atoms with van der Waals surface area (Å²) < 4.78 is 0. The second kappa shape index (κ2) is 32.2. The number of aliphatic carboxylic acids is 1. The molecule has 0 aliphatic heterocycles. The molecule has 0 radical (unpaired) electrons. The molecule has 0 heterocycles. The fraction of sp³-hybridized carbons (Fsp3) is 0.735. The summed E-state index contributed by atoms with van der Waals surface area (Å²) in [6.45, 7) is -1.33. The minimum Gasteiger partial charge on any atom is -0.480 e. The molecule has 0 saturated heterocycles. The molecule has 326 valence electrons. The van der Waals surface area contributed by atoms with E-state index in [2.05, 4.69) is 37.2 Å². The first-order valence-corrected chi connectivity index (χ1v) is 19.2. The maximum atomic E-state index is 13.6. The van der Waals surface area contributed by atoms with Gasteiger partial charge in [-0.15, -0.1) is 0 Å². The molecule has 19 N–H and O–H groups in total. The topological polar surface area (TPSA) is 400 Å². The minimum absolute atomic E-state index is 0.144. The fourth-order valence-electron chi connectivity index (χ4n) is 5.00. The maximum absolute atomic E-state index is 13.6. The molecule has 0 fully saturated rings. The van der Waals surface area contributed by atoms with Gasteiger partial charge in [0.2, 0.25) is 47.3 Å². The number of carboxylic acid groups (broad SMARTS) is 1. The van der Waals surface area contributed by atoms with E-state index in [1.165, 1.54) is 0 Å². The van der Waals surface area contributed by atoms with Crippen molar-refractivity contribution < 1.29 is 48.3 Å². The highest BCUT2D eigenvalue weighted by Crippen LogP contribution is 2.08. The van der Waals surface area contributed by atoms with Gasteiger partial charge in [0.05, 0.1) is 32.2 Å².